The third-order valence-electron chi connectivity index (χ3n) is 6.70. The van der Waals surface area contributed by atoms with Crippen LogP contribution in [0, 0.1) is 6.92 Å². The Balaban J connectivity index is 1.50. The number of aryl methyl sites for hydroxylation is 1. The van der Waals surface area contributed by atoms with Crippen molar-refractivity contribution in [3.8, 4) is 28.4 Å². The van der Waals surface area contributed by atoms with Crippen LogP contribution in [0.2, 0.25) is 0 Å². The minimum atomic E-state index is -4.43. The van der Waals surface area contributed by atoms with Gasteiger partial charge >= 0.3 is 12.1 Å². The molecule has 0 aliphatic carbocycles. The van der Waals surface area contributed by atoms with Gasteiger partial charge in [-0.2, -0.15) is 18.3 Å². The SMILES string of the molecule is Cc1cc(OCc2cccc3c2c(-c2ccccc2)nn3-c2ccc(C(F)(F)F)cc2)ccc1OC(C)(C)C(=O)O. The predicted octanol–water partition coefficient (Wildman–Crippen LogP) is 7.84. The highest BCUT2D eigenvalue weighted by molar-refractivity contribution is 5.96. The number of hydrogen-bond acceptors (Lipinski definition) is 4. The molecule has 210 valence electrons. The number of carboxylic acids is 1. The van der Waals surface area contributed by atoms with Gasteiger partial charge in [0.1, 0.15) is 23.8 Å². The second-order valence-corrected chi connectivity index (χ2v) is 10.1. The molecule has 0 amide bonds. The van der Waals surface area contributed by atoms with Gasteiger partial charge in [0.25, 0.3) is 0 Å². The maximum absolute atomic E-state index is 13.2. The molecule has 9 heteroatoms. The van der Waals surface area contributed by atoms with Crippen molar-refractivity contribution in [1.29, 1.82) is 0 Å². The number of fused-ring (bicyclic) bond motifs is 1. The maximum atomic E-state index is 13.2. The smallest absolute Gasteiger partial charge is 0.416 e. The van der Waals surface area contributed by atoms with Gasteiger partial charge in [-0.3, -0.25) is 0 Å². The van der Waals surface area contributed by atoms with Crippen LogP contribution in [-0.4, -0.2) is 26.5 Å². The summed E-state index contributed by atoms with van der Waals surface area (Å²) in [5, 5.41) is 15.0. The summed E-state index contributed by atoms with van der Waals surface area (Å²) in [6, 6.07) is 25.3. The maximum Gasteiger partial charge on any atom is 0.416 e. The van der Waals surface area contributed by atoms with E-state index in [-0.39, 0.29) is 6.61 Å². The van der Waals surface area contributed by atoms with Crippen molar-refractivity contribution < 1.29 is 32.5 Å². The molecule has 0 aliphatic heterocycles. The van der Waals surface area contributed by atoms with Crippen LogP contribution < -0.4 is 9.47 Å². The van der Waals surface area contributed by atoms with E-state index in [0.717, 1.165) is 39.7 Å². The largest absolute Gasteiger partial charge is 0.489 e. The molecule has 0 bridgehead atoms. The van der Waals surface area contributed by atoms with Gasteiger partial charge in [-0.25, -0.2) is 9.48 Å². The Bertz CT molecular complexity index is 1710. The van der Waals surface area contributed by atoms with Crippen molar-refractivity contribution in [2.45, 2.75) is 39.2 Å². The van der Waals surface area contributed by atoms with E-state index in [2.05, 4.69) is 0 Å². The number of benzene rings is 4. The van der Waals surface area contributed by atoms with Gasteiger partial charge in [0.2, 0.25) is 0 Å². The average Bonchev–Trinajstić information content (AvgIpc) is 3.33. The van der Waals surface area contributed by atoms with Crippen molar-refractivity contribution in [3.05, 3.63) is 108 Å². The Morgan fingerprint density at radius 2 is 1.63 bits per heavy atom. The molecule has 6 nitrogen and oxygen atoms in total. The highest BCUT2D eigenvalue weighted by atomic mass is 19.4. The summed E-state index contributed by atoms with van der Waals surface area (Å²) in [6.07, 6.45) is -4.43. The molecule has 0 aliphatic rings. The molecule has 0 radical (unpaired) electrons. The molecule has 5 aromatic rings. The van der Waals surface area contributed by atoms with E-state index in [1.165, 1.54) is 26.0 Å². The molecular weight excluding hydrogens is 533 g/mol. The topological polar surface area (TPSA) is 73.6 Å². The lowest BCUT2D eigenvalue weighted by Crippen LogP contribution is -2.38. The zero-order valence-corrected chi connectivity index (χ0v) is 22.6. The van der Waals surface area contributed by atoms with Crippen LogP contribution in [0.4, 0.5) is 13.2 Å². The minimum Gasteiger partial charge on any atom is -0.489 e. The molecular formula is C32H27F3N2O4. The molecule has 0 atom stereocenters. The summed E-state index contributed by atoms with van der Waals surface area (Å²) < 4.78 is 52.9. The summed E-state index contributed by atoms with van der Waals surface area (Å²) in [5.41, 5.74) is 2.20. The van der Waals surface area contributed by atoms with Crippen molar-refractivity contribution >= 4 is 16.9 Å². The van der Waals surface area contributed by atoms with Crippen LogP contribution in [0.25, 0.3) is 27.8 Å². The Morgan fingerprint density at radius 1 is 0.927 bits per heavy atom. The van der Waals surface area contributed by atoms with Crippen LogP contribution >= 0.6 is 0 Å². The standard InChI is InChI=1S/C32H27F3N2O4/c1-20-18-25(16-17-27(20)41-31(2,3)30(38)39)40-19-22-10-7-11-26-28(22)29(21-8-5-4-6-9-21)36-37(26)24-14-12-23(13-15-24)32(33,34)35/h4-18H,19H2,1-3H3,(H,38,39). The van der Waals surface area contributed by atoms with Crippen molar-refractivity contribution in [2.24, 2.45) is 0 Å². The number of aromatic nitrogens is 2. The Morgan fingerprint density at radius 3 is 2.27 bits per heavy atom. The molecule has 41 heavy (non-hydrogen) atoms. The van der Waals surface area contributed by atoms with Gasteiger partial charge in [0, 0.05) is 16.5 Å². The molecule has 5 rings (SSSR count). The molecule has 1 N–H and O–H groups in total. The second kappa shape index (κ2) is 10.6. The number of nitrogens with zero attached hydrogens (tertiary/aromatic N) is 2. The summed E-state index contributed by atoms with van der Waals surface area (Å²) in [7, 11) is 0. The lowest BCUT2D eigenvalue weighted by atomic mass is 10.0. The number of alkyl halides is 3. The van der Waals surface area contributed by atoms with Gasteiger partial charge < -0.3 is 14.6 Å². The van der Waals surface area contributed by atoms with Crippen LogP contribution in [0.5, 0.6) is 11.5 Å². The normalized spacial score (nSPS) is 12.0. The molecule has 0 unspecified atom stereocenters. The fourth-order valence-corrected chi connectivity index (χ4v) is 4.45. The molecule has 1 heterocycles. The molecule has 0 fully saturated rings. The van der Waals surface area contributed by atoms with E-state index in [1.54, 1.807) is 22.9 Å². The zero-order valence-electron chi connectivity index (χ0n) is 22.6. The first kappa shape index (κ1) is 27.8. The third-order valence-corrected chi connectivity index (χ3v) is 6.70. The quantitative estimate of drug-likeness (QED) is 0.209. The fourth-order valence-electron chi connectivity index (χ4n) is 4.45. The number of halogens is 3. The van der Waals surface area contributed by atoms with E-state index in [0.29, 0.717) is 22.9 Å². The Hall–Kier alpha value is -4.79. The molecule has 0 saturated carbocycles. The lowest BCUT2D eigenvalue weighted by Gasteiger charge is -2.23. The van der Waals surface area contributed by atoms with Gasteiger partial charge in [-0.15, -0.1) is 0 Å². The summed E-state index contributed by atoms with van der Waals surface area (Å²) in [6.45, 7) is 4.96. The van der Waals surface area contributed by atoms with Crippen molar-refractivity contribution in [3.63, 3.8) is 0 Å². The first-order chi connectivity index (χ1) is 19.4. The summed E-state index contributed by atoms with van der Waals surface area (Å²) >= 11 is 0. The number of hydrogen-bond donors (Lipinski definition) is 1. The fraction of sp³-hybridized carbons (Fsp3) is 0.188. The summed E-state index contributed by atoms with van der Waals surface area (Å²) in [5.74, 6) is -0.0659. The Kier molecular flexibility index (Phi) is 7.21. The van der Waals surface area contributed by atoms with E-state index in [1.807, 2.05) is 55.5 Å². The highest BCUT2D eigenvalue weighted by Crippen LogP contribution is 2.35. The third kappa shape index (κ3) is 5.75. The second-order valence-electron chi connectivity index (χ2n) is 10.1. The first-order valence-corrected chi connectivity index (χ1v) is 12.8. The molecule has 4 aromatic carbocycles. The minimum absolute atomic E-state index is 0.191. The lowest BCUT2D eigenvalue weighted by molar-refractivity contribution is -0.152. The van der Waals surface area contributed by atoms with E-state index in [4.69, 9.17) is 14.6 Å². The van der Waals surface area contributed by atoms with Crippen LogP contribution in [0.3, 0.4) is 0 Å². The van der Waals surface area contributed by atoms with Crippen molar-refractivity contribution in [1.82, 2.24) is 9.78 Å². The van der Waals surface area contributed by atoms with E-state index < -0.39 is 23.3 Å². The molecule has 1 aromatic heterocycles. The molecule has 0 saturated heterocycles. The monoisotopic (exact) mass is 560 g/mol. The summed E-state index contributed by atoms with van der Waals surface area (Å²) in [4.78, 5) is 11.4. The average molecular weight is 561 g/mol. The number of carbonyl (C=O) groups is 1. The number of carboxylic acid groups (broad SMARTS) is 1. The van der Waals surface area contributed by atoms with Gasteiger partial charge in [0.15, 0.2) is 5.60 Å². The first-order valence-electron chi connectivity index (χ1n) is 12.8. The Labute approximate surface area is 234 Å². The van der Waals surface area contributed by atoms with Crippen LogP contribution in [-0.2, 0) is 17.6 Å². The number of ether oxygens (including phenoxy) is 2. The van der Waals surface area contributed by atoms with E-state index >= 15 is 0 Å². The van der Waals surface area contributed by atoms with Gasteiger partial charge in [-0.1, -0.05) is 42.5 Å². The van der Waals surface area contributed by atoms with E-state index in [9.17, 15) is 23.1 Å². The highest BCUT2D eigenvalue weighted by Gasteiger charge is 2.31. The van der Waals surface area contributed by atoms with Crippen molar-refractivity contribution in [2.75, 3.05) is 0 Å². The van der Waals surface area contributed by atoms with Crippen LogP contribution in [0.15, 0.2) is 91.0 Å². The number of rotatable bonds is 8. The molecule has 0 spiro atoms. The van der Waals surface area contributed by atoms with Gasteiger partial charge in [0.05, 0.1) is 16.8 Å². The predicted molar refractivity (Wildman–Crippen MR) is 149 cm³/mol. The zero-order chi connectivity index (χ0) is 29.4. The van der Waals surface area contributed by atoms with Crippen LogP contribution in [0.1, 0.15) is 30.5 Å². The van der Waals surface area contributed by atoms with Gasteiger partial charge in [-0.05, 0) is 74.9 Å². The number of aliphatic carboxylic acids is 1.